The van der Waals surface area contributed by atoms with Crippen LogP contribution in [0.4, 0.5) is 10.1 Å². The van der Waals surface area contributed by atoms with Gasteiger partial charge >= 0.3 is 5.97 Å². The van der Waals surface area contributed by atoms with Crippen molar-refractivity contribution < 1.29 is 23.8 Å². The molecule has 1 saturated carbocycles. The first-order valence-corrected chi connectivity index (χ1v) is 14.7. The number of aromatic nitrogens is 2. The molecule has 4 heterocycles. The molecule has 1 saturated heterocycles. The van der Waals surface area contributed by atoms with Crippen molar-refractivity contribution >= 4 is 51.7 Å². The number of rotatable bonds is 4. The normalized spacial score (nSPS) is 26.5. The maximum atomic E-state index is 16.2. The van der Waals surface area contributed by atoms with Crippen LogP contribution in [0.1, 0.15) is 52.7 Å². The number of carbonyl (C=O) groups excluding carboxylic acids is 1. The van der Waals surface area contributed by atoms with Crippen molar-refractivity contribution in [3.63, 3.8) is 0 Å². The van der Waals surface area contributed by atoms with E-state index in [0.717, 1.165) is 18.4 Å². The van der Waals surface area contributed by atoms with Crippen LogP contribution in [0, 0.1) is 11.7 Å². The zero-order chi connectivity index (χ0) is 28.9. The lowest BCUT2D eigenvalue weighted by atomic mass is 9.73. The second-order valence-corrected chi connectivity index (χ2v) is 12.5. The fourth-order valence-electron chi connectivity index (χ4n) is 7.47. The fraction of sp³-hybridized carbons (Fsp3) is 0.323. The maximum absolute atomic E-state index is 16.2. The highest BCUT2D eigenvalue weighted by molar-refractivity contribution is 6.31. The summed E-state index contributed by atoms with van der Waals surface area (Å²) in [5.41, 5.74) is 1.04. The first-order valence-electron chi connectivity index (χ1n) is 14.0. The molecule has 1 spiro atoms. The van der Waals surface area contributed by atoms with Gasteiger partial charge < -0.3 is 15.2 Å². The smallest absolute Gasteiger partial charge is 0.335 e. The number of carboxylic acid groups (broad SMARTS) is 1. The summed E-state index contributed by atoms with van der Waals surface area (Å²) in [6.07, 6.45) is 2.67. The number of carbonyl (C=O) groups is 2. The van der Waals surface area contributed by atoms with E-state index < -0.39 is 29.3 Å². The minimum Gasteiger partial charge on any atom is -0.478 e. The second-order valence-electron chi connectivity index (χ2n) is 11.6. The lowest BCUT2D eigenvalue weighted by molar-refractivity contribution is -0.128. The zero-order valence-electron chi connectivity index (χ0n) is 22.2. The Hall–Kier alpha value is -3.66. The van der Waals surface area contributed by atoms with E-state index in [9.17, 15) is 14.7 Å². The highest BCUT2D eigenvalue weighted by Crippen LogP contribution is 2.63. The molecule has 0 radical (unpaired) electrons. The number of fused-ring (bicyclic) bond motifs is 7. The van der Waals surface area contributed by atoms with Gasteiger partial charge in [-0.2, -0.15) is 5.10 Å². The zero-order valence-corrected chi connectivity index (χ0v) is 23.7. The lowest BCUT2D eigenvalue weighted by Crippen LogP contribution is -2.53. The summed E-state index contributed by atoms with van der Waals surface area (Å²) >= 11 is 12.8. The van der Waals surface area contributed by atoms with Crippen molar-refractivity contribution in [1.29, 1.82) is 0 Å². The van der Waals surface area contributed by atoms with Gasteiger partial charge in [0.25, 0.3) is 0 Å². The number of carboxylic acids is 1. The van der Waals surface area contributed by atoms with E-state index >= 15 is 4.39 Å². The van der Waals surface area contributed by atoms with Crippen molar-refractivity contribution in [2.24, 2.45) is 5.92 Å². The molecular weight excluding hydrogens is 582 g/mol. The van der Waals surface area contributed by atoms with E-state index in [0.29, 0.717) is 58.5 Å². The Morgan fingerprint density at radius 2 is 1.98 bits per heavy atom. The number of likely N-dealkylation sites (tertiary alicyclic amines) is 1. The molecular formula is C31H25Cl2FN4O4. The van der Waals surface area contributed by atoms with E-state index in [4.69, 9.17) is 33.0 Å². The number of nitrogens with one attached hydrogen (secondary N) is 1. The molecule has 2 N–H and O–H groups in total. The van der Waals surface area contributed by atoms with Gasteiger partial charge in [-0.05, 0) is 67.1 Å². The van der Waals surface area contributed by atoms with Crippen LogP contribution in [-0.2, 0) is 10.3 Å². The van der Waals surface area contributed by atoms with Crippen LogP contribution >= 0.6 is 23.2 Å². The Morgan fingerprint density at radius 1 is 1.14 bits per heavy atom. The number of anilines is 1. The molecule has 4 aromatic rings. The van der Waals surface area contributed by atoms with Crippen LogP contribution in [0.3, 0.4) is 0 Å². The van der Waals surface area contributed by atoms with Gasteiger partial charge in [-0.3, -0.25) is 9.69 Å². The predicted molar refractivity (Wildman–Crippen MR) is 155 cm³/mol. The summed E-state index contributed by atoms with van der Waals surface area (Å²) in [6, 6.07) is 14.2. The minimum absolute atomic E-state index is 0.0311. The maximum Gasteiger partial charge on any atom is 0.335 e. The number of hydrogen-bond acceptors (Lipinski definition) is 5. The van der Waals surface area contributed by atoms with Gasteiger partial charge in [-0.1, -0.05) is 41.4 Å². The number of halogens is 3. The van der Waals surface area contributed by atoms with Gasteiger partial charge in [-0.15, -0.1) is 0 Å². The Bertz CT molecular complexity index is 1820. The Kier molecular flexibility index (Phi) is 5.68. The Morgan fingerprint density at radius 3 is 2.76 bits per heavy atom. The van der Waals surface area contributed by atoms with E-state index in [2.05, 4.69) is 10.2 Å². The molecule has 1 aliphatic carbocycles. The fourth-order valence-corrected chi connectivity index (χ4v) is 7.83. The van der Waals surface area contributed by atoms with Crippen molar-refractivity contribution in [2.45, 2.75) is 42.8 Å². The van der Waals surface area contributed by atoms with E-state index in [-0.39, 0.29) is 22.5 Å². The molecule has 8 rings (SSSR count). The number of hydrogen-bond donors (Lipinski definition) is 2. The van der Waals surface area contributed by atoms with Crippen LogP contribution in [0.15, 0.2) is 54.6 Å². The molecule has 0 bridgehead atoms. The summed E-state index contributed by atoms with van der Waals surface area (Å²) in [7, 11) is 0. The van der Waals surface area contributed by atoms with Crippen molar-refractivity contribution in [3.05, 3.63) is 87.2 Å². The lowest BCUT2D eigenvalue weighted by Gasteiger charge is -2.40. The molecule has 1 amide bonds. The van der Waals surface area contributed by atoms with Gasteiger partial charge in [0.1, 0.15) is 11.4 Å². The molecule has 0 unspecified atom stereocenters. The topological polar surface area (TPSA) is 96.7 Å². The molecule has 214 valence electrons. The minimum atomic E-state index is -1.28. The van der Waals surface area contributed by atoms with Crippen LogP contribution in [0.25, 0.3) is 10.9 Å². The van der Waals surface area contributed by atoms with Gasteiger partial charge in [0.05, 0.1) is 34.1 Å². The molecule has 4 atom stereocenters. The average molecular weight is 607 g/mol. The van der Waals surface area contributed by atoms with Gasteiger partial charge in [0, 0.05) is 34.8 Å². The van der Waals surface area contributed by atoms with Crippen LogP contribution in [0.2, 0.25) is 10.0 Å². The molecule has 2 fully saturated rings. The van der Waals surface area contributed by atoms with Crippen molar-refractivity contribution in [3.8, 4) is 5.88 Å². The first kappa shape index (κ1) is 26.0. The summed E-state index contributed by atoms with van der Waals surface area (Å²) in [5.74, 6) is -1.82. The Balaban J connectivity index is 1.45. The summed E-state index contributed by atoms with van der Waals surface area (Å²) in [5, 5.41) is 18.7. The molecule has 3 aromatic carbocycles. The summed E-state index contributed by atoms with van der Waals surface area (Å²) in [4.78, 5) is 28.6. The average Bonchev–Trinajstić information content (AvgIpc) is 3.62. The van der Waals surface area contributed by atoms with Crippen LogP contribution in [-0.4, -0.2) is 50.9 Å². The van der Waals surface area contributed by atoms with Gasteiger partial charge in [0.15, 0.2) is 0 Å². The number of ether oxygens (including phenoxy) is 1. The van der Waals surface area contributed by atoms with Crippen LogP contribution < -0.4 is 10.1 Å². The molecule has 4 aliphatic rings. The third-order valence-corrected chi connectivity index (χ3v) is 9.85. The Labute approximate surface area is 250 Å². The summed E-state index contributed by atoms with van der Waals surface area (Å²) < 4.78 is 24.3. The highest BCUT2D eigenvalue weighted by atomic mass is 35.5. The molecule has 8 nitrogen and oxygen atoms in total. The SMILES string of the molecule is O=C(O)c1ccc2nn3c(c2c1)OCC[C@H]1[C@@H]3[C@H](c2cccc(Cl)c2F)[C@]2(C(=O)Nc3cc(Cl)ccc32)N1CC1CC1. The van der Waals surface area contributed by atoms with Gasteiger partial charge in [-0.25, -0.2) is 13.9 Å². The molecule has 42 heavy (non-hydrogen) atoms. The molecule has 1 aromatic heterocycles. The number of amides is 1. The number of benzene rings is 3. The predicted octanol–water partition coefficient (Wildman–Crippen LogP) is 6.23. The standard InChI is InChI=1S/C31H25Cl2FN4O4/c32-17-7-8-20-23(13-17)35-30(41)31(20)25(18-2-1-3-21(33)26(18)34)27-24(37(31)14-15-4-5-15)10-11-42-28-19-12-16(29(39)40)6-9-22(19)36-38(27)28/h1-3,6-9,12-13,15,24-25,27H,4-5,10-11,14H2,(H,35,41)(H,39,40)/t24-,25-,27+,31+/m0/s1. The summed E-state index contributed by atoms with van der Waals surface area (Å²) in [6.45, 7) is 0.963. The quantitative estimate of drug-likeness (QED) is 0.286. The van der Waals surface area contributed by atoms with E-state index in [1.54, 1.807) is 41.1 Å². The molecule has 11 heteroatoms. The van der Waals surface area contributed by atoms with E-state index in [1.165, 1.54) is 12.1 Å². The monoisotopic (exact) mass is 606 g/mol. The molecule has 3 aliphatic heterocycles. The van der Waals surface area contributed by atoms with Crippen LogP contribution in [0.5, 0.6) is 5.88 Å². The largest absolute Gasteiger partial charge is 0.478 e. The third kappa shape index (κ3) is 3.53. The highest BCUT2D eigenvalue weighted by Gasteiger charge is 2.68. The van der Waals surface area contributed by atoms with Crippen molar-refractivity contribution in [2.75, 3.05) is 18.5 Å². The van der Waals surface area contributed by atoms with Crippen molar-refractivity contribution in [1.82, 2.24) is 14.7 Å². The third-order valence-electron chi connectivity index (χ3n) is 9.33. The first-order chi connectivity index (χ1) is 20.3. The number of nitrogens with zero attached hydrogens (tertiary/aromatic N) is 3. The van der Waals surface area contributed by atoms with E-state index in [1.807, 2.05) is 6.07 Å². The second kappa shape index (κ2) is 9.17. The number of aromatic carboxylic acids is 1. The van der Waals surface area contributed by atoms with Gasteiger partial charge in [0.2, 0.25) is 11.8 Å².